The average molecular weight is 442 g/mol. The fraction of sp³-hybridized carbons (Fsp3) is 0.680. The minimum absolute atomic E-state index is 0.0207. The van der Waals surface area contributed by atoms with Crippen LogP contribution in [0, 0.1) is 28.6 Å². The normalized spacial score (nSPS) is 44.4. The topological polar surface area (TPSA) is 113 Å². The largest absolute Gasteiger partial charge is 0.453 e. The lowest BCUT2D eigenvalue weighted by atomic mass is 9.45. The van der Waals surface area contributed by atoms with Gasteiger partial charge in [0.25, 0.3) is 0 Å². The Bertz CT molecular complexity index is 981. The molecule has 0 spiro atoms. The molecule has 7 heteroatoms. The standard InChI is InChI=1S/C25H31NO6/c1-23-8-5-15(27)11-14(23)3-4-16-17-6-9-25(31,24(17,2)12-19(28)21(16)23)20(29)13-32-22(30)18-7-10-26-18/h7,10-11,16-17,19,21,28,31H,3-6,8-9,12-13H2,1-2H3/t16-,17-,19+,21+,23-,24-,25-/m0/s1. The van der Waals surface area contributed by atoms with Gasteiger partial charge in [0.05, 0.1) is 6.10 Å². The van der Waals surface area contributed by atoms with E-state index in [9.17, 15) is 24.6 Å². The van der Waals surface area contributed by atoms with E-state index in [0.717, 1.165) is 24.8 Å². The van der Waals surface area contributed by atoms with Gasteiger partial charge < -0.3 is 14.9 Å². The third-order valence-electron chi connectivity index (χ3n) is 9.50. The van der Waals surface area contributed by atoms with Crippen LogP contribution in [-0.4, -0.2) is 51.8 Å². The molecule has 5 rings (SSSR count). The highest BCUT2D eigenvalue weighted by Gasteiger charge is 2.68. The summed E-state index contributed by atoms with van der Waals surface area (Å²) in [7, 11) is 0. The summed E-state index contributed by atoms with van der Waals surface area (Å²) in [6.07, 6.45) is 8.36. The van der Waals surface area contributed by atoms with Crippen molar-refractivity contribution in [2.24, 2.45) is 33.6 Å². The number of Topliss-reactive ketones (excluding diaryl/α,β-unsaturated/α-hetero) is 1. The highest BCUT2D eigenvalue weighted by atomic mass is 16.5. The maximum absolute atomic E-state index is 13.1. The number of hydrogen-bond donors (Lipinski definition) is 2. The van der Waals surface area contributed by atoms with Gasteiger partial charge in [-0.1, -0.05) is 19.4 Å². The zero-order valence-corrected chi connectivity index (χ0v) is 18.7. The predicted octanol–water partition coefficient (Wildman–Crippen LogP) is 2.30. The lowest BCUT2D eigenvalue weighted by Crippen LogP contribution is -2.62. The van der Waals surface area contributed by atoms with Crippen LogP contribution in [0.5, 0.6) is 0 Å². The second-order valence-corrected chi connectivity index (χ2v) is 10.8. The number of carbonyl (C=O) groups is 3. The number of aliphatic imine (C=N–C) groups is 1. The molecule has 3 fully saturated rings. The van der Waals surface area contributed by atoms with Crippen molar-refractivity contribution in [3.05, 3.63) is 23.9 Å². The molecule has 5 aliphatic rings. The minimum atomic E-state index is -1.64. The number of allylic oxidation sites excluding steroid dienone is 1. The average Bonchev–Trinajstić information content (AvgIpc) is 2.96. The molecule has 1 heterocycles. The molecule has 32 heavy (non-hydrogen) atoms. The van der Waals surface area contributed by atoms with E-state index in [1.54, 1.807) is 6.08 Å². The first-order valence-corrected chi connectivity index (χ1v) is 11.7. The number of fused-ring (bicyclic) bond motifs is 5. The molecule has 0 saturated heterocycles. The van der Waals surface area contributed by atoms with E-state index in [0.29, 0.717) is 25.7 Å². The first kappa shape index (κ1) is 21.7. The van der Waals surface area contributed by atoms with Gasteiger partial charge >= 0.3 is 5.97 Å². The Balaban J connectivity index is 1.39. The molecule has 0 aromatic heterocycles. The van der Waals surface area contributed by atoms with Crippen LogP contribution in [0.25, 0.3) is 0 Å². The Morgan fingerprint density at radius 3 is 2.66 bits per heavy atom. The van der Waals surface area contributed by atoms with Crippen LogP contribution in [0.4, 0.5) is 0 Å². The van der Waals surface area contributed by atoms with Crippen molar-refractivity contribution < 1.29 is 29.3 Å². The van der Waals surface area contributed by atoms with Crippen molar-refractivity contribution in [2.75, 3.05) is 6.61 Å². The van der Waals surface area contributed by atoms with Crippen molar-refractivity contribution in [3.63, 3.8) is 0 Å². The summed E-state index contributed by atoms with van der Waals surface area (Å²) in [5.74, 6) is -0.707. The number of esters is 1. The van der Waals surface area contributed by atoms with E-state index >= 15 is 0 Å². The third kappa shape index (κ3) is 2.86. The van der Waals surface area contributed by atoms with Gasteiger partial charge in [0, 0.05) is 18.0 Å². The number of ketones is 2. The van der Waals surface area contributed by atoms with Crippen molar-refractivity contribution in [2.45, 2.75) is 70.5 Å². The summed E-state index contributed by atoms with van der Waals surface area (Å²) < 4.78 is 5.11. The lowest BCUT2D eigenvalue weighted by Gasteiger charge is -2.60. The van der Waals surface area contributed by atoms with Gasteiger partial charge in [-0.15, -0.1) is 0 Å². The number of rotatable bonds is 4. The van der Waals surface area contributed by atoms with Gasteiger partial charge in [0.1, 0.15) is 11.3 Å². The van der Waals surface area contributed by atoms with Crippen LogP contribution < -0.4 is 0 Å². The summed E-state index contributed by atoms with van der Waals surface area (Å²) in [6, 6.07) is 0. The second kappa shape index (κ2) is 7.19. The van der Waals surface area contributed by atoms with Gasteiger partial charge in [-0.2, -0.15) is 0 Å². The maximum Gasteiger partial charge on any atom is 0.357 e. The molecule has 1 aliphatic heterocycles. The molecule has 0 aromatic rings. The van der Waals surface area contributed by atoms with Crippen molar-refractivity contribution in [1.82, 2.24) is 0 Å². The molecule has 2 N–H and O–H groups in total. The quantitative estimate of drug-likeness (QED) is 0.647. The van der Waals surface area contributed by atoms with E-state index in [2.05, 4.69) is 11.9 Å². The van der Waals surface area contributed by atoms with Gasteiger partial charge in [-0.05, 0) is 73.8 Å². The van der Waals surface area contributed by atoms with Crippen molar-refractivity contribution in [1.29, 1.82) is 0 Å². The molecule has 0 bridgehead atoms. The molecular formula is C25H31NO6. The predicted molar refractivity (Wildman–Crippen MR) is 116 cm³/mol. The fourth-order valence-corrected chi connectivity index (χ4v) is 7.74. The number of carbonyl (C=O) groups excluding carboxylic acids is 3. The monoisotopic (exact) mass is 441 g/mol. The fourth-order valence-electron chi connectivity index (χ4n) is 7.74. The van der Waals surface area contributed by atoms with E-state index in [1.165, 1.54) is 12.3 Å². The summed E-state index contributed by atoms with van der Waals surface area (Å²) in [6.45, 7) is 3.60. The van der Waals surface area contributed by atoms with Gasteiger partial charge in [0.15, 0.2) is 12.4 Å². The zero-order chi connectivity index (χ0) is 22.9. The third-order valence-corrected chi connectivity index (χ3v) is 9.50. The van der Waals surface area contributed by atoms with Crippen molar-refractivity contribution >= 4 is 23.2 Å². The van der Waals surface area contributed by atoms with E-state index in [1.807, 2.05) is 6.92 Å². The number of aliphatic hydroxyl groups is 2. The molecule has 0 unspecified atom stereocenters. The lowest BCUT2D eigenvalue weighted by molar-refractivity contribution is -0.183. The SMILES string of the molecule is C[C@]12CCC(=O)C=C1CC[C@@H]1[C@@H]2[C@H](O)C[C@@]2(C)[C@H]1CC[C@]2(O)C(=O)COC(=O)C1=NC=C1. The second-order valence-electron chi connectivity index (χ2n) is 10.8. The van der Waals surface area contributed by atoms with Crippen LogP contribution >= 0.6 is 0 Å². The molecule has 0 radical (unpaired) electrons. The van der Waals surface area contributed by atoms with Crippen LogP contribution in [0.1, 0.15) is 58.8 Å². The van der Waals surface area contributed by atoms with Crippen LogP contribution in [0.15, 0.2) is 28.9 Å². The number of aliphatic hydroxyl groups excluding tert-OH is 1. The van der Waals surface area contributed by atoms with Gasteiger partial charge in [-0.25, -0.2) is 9.79 Å². The Labute approximate surface area is 187 Å². The summed E-state index contributed by atoms with van der Waals surface area (Å²) in [5, 5.41) is 23.0. The minimum Gasteiger partial charge on any atom is -0.453 e. The number of hydrogen-bond acceptors (Lipinski definition) is 7. The summed E-state index contributed by atoms with van der Waals surface area (Å²) >= 11 is 0. The molecule has 4 aliphatic carbocycles. The molecular weight excluding hydrogens is 410 g/mol. The smallest absolute Gasteiger partial charge is 0.357 e. The van der Waals surface area contributed by atoms with Gasteiger partial charge in [-0.3, -0.25) is 9.59 Å². The van der Waals surface area contributed by atoms with Crippen LogP contribution in [0.3, 0.4) is 0 Å². The first-order valence-electron chi connectivity index (χ1n) is 11.7. The Kier molecular flexibility index (Phi) is 4.88. The molecule has 0 aromatic carbocycles. The summed E-state index contributed by atoms with van der Waals surface area (Å²) in [4.78, 5) is 40.9. The number of nitrogens with zero attached hydrogens (tertiary/aromatic N) is 1. The summed E-state index contributed by atoms with van der Waals surface area (Å²) in [5.41, 5.74) is -1.31. The molecule has 0 amide bonds. The Hall–Kier alpha value is -2.12. The Morgan fingerprint density at radius 1 is 1.22 bits per heavy atom. The number of ether oxygens (including phenoxy) is 1. The highest BCUT2D eigenvalue weighted by molar-refractivity contribution is 6.43. The maximum atomic E-state index is 13.1. The first-order chi connectivity index (χ1) is 15.1. The Morgan fingerprint density at radius 2 is 1.97 bits per heavy atom. The zero-order valence-electron chi connectivity index (χ0n) is 18.7. The van der Waals surface area contributed by atoms with Crippen LogP contribution in [0.2, 0.25) is 0 Å². The van der Waals surface area contributed by atoms with E-state index in [-0.39, 0.29) is 34.7 Å². The molecule has 172 valence electrons. The van der Waals surface area contributed by atoms with Crippen molar-refractivity contribution in [3.8, 4) is 0 Å². The molecule has 7 atom stereocenters. The van der Waals surface area contributed by atoms with E-state index in [4.69, 9.17) is 4.74 Å². The highest BCUT2D eigenvalue weighted by Crippen LogP contribution is 2.67. The van der Waals surface area contributed by atoms with Gasteiger partial charge in [0.2, 0.25) is 5.78 Å². The molecule has 3 saturated carbocycles. The van der Waals surface area contributed by atoms with Crippen LogP contribution in [-0.2, 0) is 19.1 Å². The molecule has 7 nitrogen and oxygen atoms in total. The van der Waals surface area contributed by atoms with E-state index < -0.39 is 35.5 Å².